The van der Waals surface area contributed by atoms with Crippen LogP contribution in [-0.2, 0) is 0 Å². The summed E-state index contributed by atoms with van der Waals surface area (Å²) < 4.78 is 26.9. The molecule has 0 bridgehead atoms. The van der Waals surface area contributed by atoms with Crippen molar-refractivity contribution in [1.82, 2.24) is 5.32 Å². The molecule has 16 heavy (non-hydrogen) atoms. The molecule has 0 aliphatic carbocycles. The van der Waals surface area contributed by atoms with Crippen LogP contribution in [0, 0.1) is 17.6 Å². The van der Waals surface area contributed by atoms with Gasteiger partial charge in [-0.15, -0.1) is 0 Å². The number of hydrogen-bond donors (Lipinski definition) is 2. The molecule has 2 atom stereocenters. The van der Waals surface area contributed by atoms with Gasteiger partial charge in [-0.25, -0.2) is 8.78 Å². The third kappa shape index (κ3) is 2.23. The van der Waals surface area contributed by atoms with Crippen molar-refractivity contribution in [1.29, 1.82) is 0 Å². The minimum atomic E-state index is -1.06. The van der Waals surface area contributed by atoms with E-state index in [-0.39, 0.29) is 11.5 Å². The Kier molecular flexibility index (Phi) is 3.51. The standard InChI is InChI=1S/C12H15F2NO/c13-9-4-1-5-10(14)11(9)12(16)8-3-2-6-15-7-8/h1,4-5,8,12,15-16H,2-3,6-7H2. The van der Waals surface area contributed by atoms with E-state index >= 15 is 0 Å². The summed E-state index contributed by atoms with van der Waals surface area (Å²) >= 11 is 0. The van der Waals surface area contributed by atoms with E-state index in [2.05, 4.69) is 5.32 Å². The number of benzene rings is 1. The SMILES string of the molecule is OC(c1c(F)cccc1F)C1CCCNC1. The average molecular weight is 227 g/mol. The van der Waals surface area contributed by atoms with Gasteiger partial charge in [0.15, 0.2) is 0 Å². The first-order valence-corrected chi connectivity index (χ1v) is 5.53. The summed E-state index contributed by atoms with van der Waals surface area (Å²) in [6, 6.07) is 3.66. The lowest BCUT2D eigenvalue weighted by Crippen LogP contribution is -2.33. The zero-order valence-corrected chi connectivity index (χ0v) is 8.92. The van der Waals surface area contributed by atoms with E-state index in [1.165, 1.54) is 18.2 Å². The summed E-state index contributed by atoms with van der Waals surface area (Å²) in [5.74, 6) is -1.45. The van der Waals surface area contributed by atoms with E-state index < -0.39 is 17.7 Å². The topological polar surface area (TPSA) is 32.3 Å². The molecule has 1 aliphatic rings. The third-order valence-electron chi connectivity index (χ3n) is 3.08. The summed E-state index contributed by atoms with van der Waals surface area (Å²) in [6.07, 6.45) is 0.661. The highest BCUT2D eigenvalue weighted by Crippen LogP contribution is 2.30. The van der Waals surface area contributed by atoms with E-state index in [1.54, 1.807) is 0 Å². The Bertz CT molecular complexity index is 344. The quantitative estimate of drug-likeness (QED) is 0.810. The molecule has 2 rings (SSSR count). The molecule has 1 heterocycles. The van der Waals surface area contributed by atoms with Gasteiger partial charge in [-0.1, -0.05) is 6.07 Å². The zero-order valence-electron chi connectivity index (χ0n) is 8.92. The Labute approximate surface area is 93.3 Å². The molecule has 1 fully saturated rings. The van der Waals surface area contributed by atoms with Crippen LogP contribution in [0.25, 0.3) is 0 Å². The first kappa shape index (κ1) is 11.5. The summed E-state index contributed by atoms with van der Waals surface area (Å²) in [4.78, 5) is 0. The maximum absolute atomic E-state index is 13.4. The summed E-state index contributed by atoms with van der Waals surface area (Å²) in [6.45, 7) is 1.51. The lowest BCUT2D eigenvalue weighted by Gasteiger charge is -2.27. The molecular weight excluding hydrogens is 212 g/mol. The lowest BCUT2D eigenvalue weighted by molar-refractivity contribution is 0.0852. The van der Waals surface area contributed by atoms with Crippen LogP contribution in [0.15, 0.2) is 18.2 Å². The molecule has 88 valence electrons. The number of aliphatic hydroxyl groups is 1. The second-order valence-corrected chi connectivity index (χ2v) is 4.19. The molecule has 2 nitrogen and oxygen atoms in total. The van der Waals surface area contributed by atoms with Gasteiger partial charge in [-0.3, -0.25) is 0 Å². The van der Waals surface area contributed by atoms with E-state index in [0.29, 0.717) is 6.54 Å². The van der Waals surface area contributed by atoms with Crippen LogP contribution in [0.3, 0.4) is 0 Å². The van der Waals surface area contributed by atoms with Gasteiger partial charge in [0.25, 0.3) is 0 Å². The van der Waals surface area contributed by atoms with Gasteiger partial charge in [-0.05, 0) is 31.5 Å². The minimum absolute atomic E-state index is 0.111. The van der Waals surface area contributed by atoms with Crippen LogP contribution in [0.1, 0.15) is 24.5 Å². The van der Waals surface area contributed by atoms with Gasteiger partial charge in [0, 0.05) is 12.5 Å². The van der Waals surface area contributed by atoms with E-state index in [9.17, 15) is 13.9 Å². The molecule has 2 unspecified atom stereocenters. The van der Waals surface area contributed by atoms with Crippen LogP contribution in [-0.4, -0.2) is 18.2 Å². The second kappa shape index (κ2) is 4.89. The van der Waals surface area contributed by atoms with E-state index in [4.69, 9.17) is 0 Å². The maximum atomic E-state index is 13.4. The van der Waals surface area contributed by atoms with Gasteiger partial charge in [-0.2, -0.15) is 0 Å². The van der Waals surface area contributed by atoms with Gasteiger partial charge in [0.1, 0.15) is 11.6 Å². The number of rotatable bonds is 2. The van der Waals surface area contributed by atoms with Gasteiger partial charge >= 0.3 is 0 Å². The second-order valence-electron chi connectivity index (χ2n) is 4.19. The Morgan fingerprint density at radius 2 is 2.00 bits per heavy atom. The molecule has 0 amide bonds. The summed E-state index contributed by atoms with van der Waals surface area (Å²) in [7, 11) is 0. The molecule has 2 N–H and O–H groups in total. The molecule has 1 aromatic carbocycles. The number of nitrogens with one attached hydrogen (secondary N) is 1. The molecule has 1 aromatic rings. The fraction of sp³-hybridized carbons (Fsp3) is 0.500. The molecule has 1 aliphatic heterocycles. The molecule has 0 aromatic heterocycles. The van der Waals surface area contributed by atoms with E-state index in [0.717, 1.165) is 19.4 Å². The fourth-order valence-corrected chi connectivity index (χ4v) is 2.18. The fourth-order valence-electron chi connectivity index (χ4n) is 2.18. The smallest absolute Gasteiger partial charge is 0.131 e. The van der Waals surface area contributed by atoms with Crippen molar-refractivity contribution in [3.63, 3.8) is 0 Å². The molecule has 1 saturated heterocycles. The van der Waals surface area contributed by atoms with Crippen LogP contribution in [0.2, 0.25) is 0 Å². The number of aliphatic hydroxyl groups excluding tert-OH is 1. The molecule has 4 heteroatoms. The first-order chi connectivity index (χ1) is 7.70. The molecule has 0 spiro atoms. The van der Waals surface area contributed by atoms with Crippen molar-refractivity contribution < 1.29 is 13.9 Å². The predicted octanol–water partition coefficient (Wildman–Crippen LogP) is 2.00. The number of piperidine rings is 1. The highest BCUT2D eigenvalue weighted by molar-refractivity contribution is 5.22. The van der Waals surface area contributed by atoms with Crippen LogP contribution >= 0.6 is 0 Å². The van der Waals surface area contributed by atoms with Crippen molar-refractivity contribution in [2.45, 2.75) is 18.9 Å². The van der Waals surface area contributed by atoms with E-state index in [1.807, 2.05) is 0 Å². The highest BCUT2D eigenvalue weighted by atomic mass is 19.1. The highest BCUT2D eigenvalue weighted by Gasteiger charge is 2.27. The van der Waals surface area contributed by atoms with Gasteiger partial charge in [0.2, 0.25) is 0 Å². The number of halogens is 2. The van der Waals surface area contributed by atoms with Crippen LogP contribution in [0.4, 0.5) is 8.78 Å². The minimum Gasteiger partial charge on any atom is -0.388 e. The van der Waals surface area contributed by atoms with Crippen molar-refractivity contribution in [2.24, 2.45) is 5.92 Å². The Hall–Kier alpha value is -1.00. The van der Waals surface area contributed by atoms with Gasteiger partial charge < -0.3 is 10.4 Å². The zero-order chi connectivity index (χ0) is 11.5. The van der Waals surface area contributed by atoms with Crippen molar-refractivity contribution in [3.8, 4) is 0 Å². The van der Waals surface area contributed by atoms with Crippen molar-refractivity contribution >= 4 is 0 Å². The molecular formula is C12H15F2NO. The Morgan fingerprint density at radius 1 is 1.31 bits per heavy atom. The van der Waals surface area contributed by atoms with Gasteiger partial charge in [0.05, 0.1) is 11.7 Å². The van der Waals surface area contributed by atoms with Crippen molar-refractivity contribution in [2.75, 3.05) is 13.1 Å². The summed E-state index contributed by atoms with van der Waals surface area (Å²) in [5, 5.41) is 13.1. The third-order valence-corrected chi connectivity index (χ3v) is 3.08. The maximum Gasteiger partial charge on any atom is 0.131 e. The molecule has 0 saturated carbocycles. The molecule has 0 radical (unpaired) electrons. The number of hydrogen-bond acceptors (Lipinski definition) is 2. The van der Waals surface area contributed by atoms with Crippen LogP contribution < -0.4 is 5.32 Å². The normalized spacial score (nSPS) is 23.1. The lowest BCUT2D eigenvalue weighted by atomic mass is 9.89. The first-order valence-electron chi connectivity index (χ1n) is 5.53. The van der Waals surface area contributed by atoms with Crippen molar-refractivity contribution in [3.05, 3.63) is 35.4 Å². The summed E-state index contributed by atoms with van der Waals surface area (Å²) in [5.41, 5.74) is -0.198. The van der Waals surface area contributed by atoms with Crippen LogP contribution in [0.5, 0.6) is 0 Å². The average Bonchev–Trinajstić information content (AvgIpc) is 2.30. The predicted molar refractivity (Wildman–Crippen MR) is 56.9 cm³/mol. The monoisotopic (exact) mass is 227 g/mol. The Balaban J connectivity index is 2.22. The Morgan fingerprint density at radius 3 is 2.56 bits per heavy atom. The largest absolute Gasteiger partial charge is 0.388 e.